The van der Waals surface area contributed by atoms with Crippen LogP contribution in [0.3, 0.4) is 0 Å². The van der Waals surface area contributed by atoms with Gasteiger partial charge in [-0.2, -0.15) is 5.26 Å². The average molecular weight is 392 g/mol. The standard InChI is InChI=1S/C18H10ClN7S/c19-13-3-5-15(6-4-13)26-17(12-2-1-7-21-9-12)24-25-18(26)27-16-11-22-14(8-20)10-23-16/h1-7,9-11H. The number of aromatic nitrogens is 6. The molecular formula is C18H10ClN7S. The Morgan fingerprint density at radius 1 is 1.00 bits per heavy atom. The van der Waals surface area contributed by atoms with Crippen molar-refractivity contribution in [2.45, 2.75) is 10.2 Å². The molecule has 4 rings (SSSR count). The lowest BCUT2D eigenvalue weighted by molar-refractivity contribution is 0.880. The topological polar surface area (TPSA) is 93.2 Å². The first-order valence-electron chi connectivity index (χ1n) is 7.76. The summed E-state index contributed by atoms with van der Waals surface area (Å²) in [5, 5.41) is 19.4. The fraction of sp³-hybridized carbons (Fsp3) is 0. The summed E-state index contributed by atoms with van der Waals surface area (Å²) in [5.74, 6) is 0.648. The van der Waals surface area contributed by atoms with Crippen LogP contribution >= 0.6 is 23.4 Å². The van der Waals surface area contributed by atoms with Gasteiger partial charge in [0.1, 0.15) is 11.1 Å². The van der Waals surface area contributed by atoms with Crippen LogP contribution in [0.15, 0.2) is 71.4 Å². The van der Waals surface area contributed by atoms with Gasteiger partial charge in [0, 0.05) is 28.7 Å². The minimum Gasteiger partial charge on any atom is -0.270 e. The zero-order valence-electron chi connectivity index (χ0n) is 13.7. The molecule has 9 heteroatoms. The van der Waals surface area contributed by atoms with Crippen LogP contribution in [0.2, 0.25) is 5.02 Å². The van der Waals surface area contributed by atoms with Crippen molar-refractivity contribution in [3.63, 3.8) is 0 Å². The Morgan fingerprint density at radius 3 is 2.52 bits per heavy atom. The summed E-state index contributed by atoms with van der Waals surface area (Å²) in [6.45, 7) is 0. The highest BCUT2D eigenvalue weighted by Crippen LogP contribution is 2.31. The molecule has 7 nitrogen and oxygen atoms in total. The number of hydrogen-bond acceptors (Lipinski definition) is 7. The summed E-state index contributed by atoms with van der Waals surface area (Å²) in [5.41, 5.74) is 1.94. The number of hydrogen-bond donors (Lipinski definition) is 0. The first-order chi connectivity index (χ1) is 13.2. The molecule has 0 unspecified atom stereocenters. The molecule has 27 heavy (non-hydrogen) atoms. The second-order valence-electron chi connectivity index (χ2n) is 5.31. The van der Waals surface area contributed by atoms with Crippen molar-refractivity contribution in [1.82, 2.24) is 29.7 Å². The van der Waals surface area contributed by atoms with Crippen molar-refractivity contribution in [2.24, 2.45) is 0 Å². The predicted octanol–water partition coefficient (Wildman–Crippen LogP) is 3.80. The quantitative estimate of drug-likeness (QED) is 0.522. The summed E-state index contributed by atoms with van der Waals surface area (Å²) in [6.07, 6.45) is 6.39. The van der Waals surface area contributed by atoms with Gasteiger partial charge in [0.15, 0.2) is 11.5 Å². The van der Waals surface area contributed by atoms with E-state index < -0.39 is 0 Å². The molecule has 1 aromatic carbocycles. The average Bonchev–Trinajstić information content (AvgIpc) is 3.13. The van der Waals surface area contributed by atoms with Crippen molar-refractivity contribution in [3.8, 4) is 23.1 Å². The third-order valence-electron chi connectivity index (χ3n) is 3.58. The van der Waals surface area contributed by atoms with E-state index in [2.05, 4.69) is 25.1 Å². The summed E-state index contributed by atoms with van der Waals surface area (Å²) < 4.78 is 1.90. The number of pyridine rings is 1. The molecule has 0 radical (unpaired) electrons. The maximum atomic E-state index is 8.86. The molecule has 0 saturated carbocycles. The first kappa shape index (κ1) is 17.1. The van der Waals surface area contributed by atoms with Crippen LogP contribution in [-0.4, -0.2) is 29.7 Å². The van der Waals surface area contributed by atoms with E-state index in [9.17, 15) is 0 Å². The van der Waals surface area contributed by atoms with Gasteiger partial charge in [0.05, 0.1) is 12.4 Å². The summed E-state index contributed by atoms with van der Waals surface area (Å²) in [4.78, 5) is 12.4. The lowest BCUT2D eigenvalue weighted by Gasteiger charge is -2.10. The van der Waals surface area contributed by atoms with Crippen LogP contribution in [0.5, 0.6) is 0 Å². The number of benzene rings is 1. The molecule has 0 fully saturated rings. The fourth-order valence-corrected chi connectivity index (χ4v) is 3.25. The molecule has 130 valence electrons. The van der Waals surface area contributed by atoms with Gasteiger partial charge in [0.2, 0.25) is 5.16 Å². The van der Waals surface area contributed by atoms with Crippen molar-refractivity contribution in [1.29, 1.82) is 5.26 Å². The summed E-state index contributed by atoms with van der Waals surface area (Å²) >= 11 is 7.33. The van der Waals surface area contributed by atoms with Crippen LogP contribution < -0.4 is 0 Å². The van der Waals surface area contributed by atoms with Gasteiger partial charge in [-0.3, -0.25) is 9.55 Å². The summed E-state index contributed by atoms with van der Waals surface area (Å²) in [6, 6.07) is 13.1. The van der Waals surface area contributed by atoms with E-state index in [0.29, 0.717) is 21.0 Å². The van der Waals surface area contributed by atoms with Crippen LogP contribution in [-0.2, 0) is 0 Å². The predicted molar refractivity (Wildman–Crippen MR) is 100 cm³/mol. The van der Waals surface area contributed by atoms with Gasteiger partial charge in [-0.1, -0.05) is 11.6 Å². The fourth-order valence-electron chi connectivity index (χ4n) is 2.36. The van der Waals surface area contributed by atoms with Crippen molar-refractivity contribution < 1.29 is 0 Å². The Kier molecular flexibility index (Phi) is 4.78. The van der Waals surface area contributed by atoms with Crippen LogP contribution in [0.25, 0.3) is 17.1 Å². The van der Waals surface area contributed by atoms with Crippen LogP contribution in [0, 0.1) is 11.3 Å². The Labute approximate surface area is 163 Å². The monoisotopic (exact) mass is 391 g/mol. The van der Waals surface area contributed by atoms with Gasteiger partial charge in [0.25, 0.3) is 0 Å². The van der Waals surface area contributed by atoms with E-state index in [1.165, 1.54) is 24.2 Å². The number of nitrogens with zero attached hydrogens (tertiary/aromatic N) is 7. The molecule has 0 saturated heterocycles. The van der Waals surface area contributed by atoms with Crippen LogP contribution in [0.4, 0.5) is 0 Å². The molecule has 3 heterocycles. The van der Waals surface area contributed by atoms with E-state index in [4.69, 9.17) is 16.9 Å². The maximum Gasteiger partial charge on any atom is 0.202 e. The Bertz CT molecular complexity index is 1100. The van der Waals surface area contributed by atoms with Crippen LogP contribution in [0.1, 0.15) is 5.69 Å². The smallest absolute Gasteiger partial charge is 0.202 e. The Hall–Kier alpha value is -3.28. The zero-order chi connectivity index (χ0) is 18.6. The van der Waals surface area contributed by atoms with Crippen molar-refractivity contribution in [3.05, 3.63) is 71.9 Å². The number of rotatable bonds is 4. The van der Waals surface area contributed by atoms with E-state index in [1.807, 2.05) is 34.9 Å². The van der Waals surface area contributed by atoms with E-state index in [0.717, 1.165) is 11.3 Å². The lowest BCUT2D eigenvalue weighted by Crippen LogP contribution is -2.00. The minimum absolute atomic E-state index is 0.259. The maximum absolute atomic E-state index is 8.86. The molecule has 0 aliphatic carbocycles. The highest BCUT2D eigenvalue weighted by molar-refractivity contribution is 7.99. The second kappa shape index (κ2) is 7.53. The summed E-state index contributed by atoms with van der Waals surface area (Å²) in [7, 11) is 0. The minimum atomic E-state index is 0.259. The Balaban J connectivity index is 1.80. The van der Waals surface area contributed by atoms with Gasteiger partial charge in [-0.25, -0.2) is 9.97 Å². The molecule has 0 N–H and O–H groups in total. The highest BCUT2D eigenvalue weighted by atomic mass is 35.5. The lowest BCUT2D eigenvalue weighted by atomic mass is 10.2. The largest absolute Gasteiger partial charge is 0.270 e. The normalized spacial score (nSPS) is 10.5. The van der Waals surface area contributed by atoms with Gasteiger partial charge >= 0.3 is 0 Å². The van der Waals surface area contributed by atoms with E-state index in [1.54, 1.807) is 24.5 Å². The first-order valence-corrected chi connectivity index (χ1v) is 8.96. The zero-order valence-corrected chi connectivity index (χ0v) is 15.3. The molecule has 0 aliphatic rings. The van der Waals surface area contributed by atoms with Crippen molar-refractivity contribution in [2.75, 3.05) is 0 Å². The SMILES string of the molecule is N#Cc1cnc(Sc2nnc(-c3cccnc3)n2-c2ccc(Cl)cc2)cn1. The van der Waals surface area contributed by atoms with Crippen molar-refractivity contribution >= 4 is 23.4 Å². The molecule has 4 aromatic rings. The molecule has 0 atom stereocenters. The number of halogens is 1. The van der Waals surface area contributed by atoms with Gasteiger partial charge < -0.3 is 0 Å². The van der Waals surface area contributed by atoms with Gasteiger partial charge in [-0.15, -0.1) is 10.2 Å². The van der Waals surface area contributed by atoms with Gasteiger partial charge in [-0.05, 0) is 48.2 Å². The van der Waals surface area contributed by atoms with E-state index in [-0.39, 0.29) is 5.69 Å². The molecule has 0 spiro atoms. The second-order valence-corrected chi connectivity index (χ2v) is 6.74. The third-order valence-corrected chi connectivity index (χ3v) is 4.70. The van der Waals surface area contributed by atoms with E-state index >= 15 is 0 Å². The number of nitriles is 1. The molecule has 0 bridgehead atoms. The third kappa shape index (κ3) is 3.65. The molecule has 0 amide bonds. The molecule has 3 aromatic heterocycles. The molecular weight excluding hydrogens is 382 g/mol. The molecule has 0 aliphatic heterocycles. The highest BCUT2D eigenvalue weighted by Gasteiger charge is 2.17. The Morgan fingerprint density at radius 2 is 1.85 bits per heavy atom.